The number of ether oxygens (including phenoxy) is 1. The molecule has 0 atom stereocenters. The summed E-state index contributed by atoms with van der Waals surface area (Å²) in [5.41, 5.74) is 2.60. The van der Waals surface area contributed by atoms with Crippen LogP contribution in [0, 0.1) is 0 Å². The summed E-state index contributed by atoms with van der Waals surface area (Å²) >= 11 is 7.92. The van der Waals surface area contributed by atoms with Crippen molar-refractivity contribution >= 4 is 56.9 Å². The lowest BCUT2D eigenvalue weighted by Crippen LogP contribution is -2.02. The number of halogens is 1. The van der Waals surface area contributed by atoms with Gasteiger partial charge in [0.15, 0.2) is 0 Å². The van der Waals surface area contributed by atoms with E-state index in [2.05, 4.69) is 0 Å². The van der Waals surface area contributed by atoms with Gasteiger partial charge in [0.25, 0.3) is 0 Å². The van der Waals surface area contributed by atoms with Crippen LogP contribution in [-0.2, 0) is 21.4 Å². The molecule has 23 heavy (non-hydrogen) atoms. The molecule has 0 bridgehead atoms. The number of benzene rings is 1. The number of para-hydroxylation sites is 1. The van der Waals surface area contributed by atoms with Crippen LogP contribution in [0.15, 0.2) is 41.1 Å². The van der Waals surface area contributed by atoms with Crippen LogP contribution < -0.4 is 0 Å². The van der Waals surface area contributed by atoms with Gasteiger partial charge in [0.2, 0.25) is 0 Å². The summed E-state index contributed by atoms with van der Waals surface area (Å²) in [5, 5.41) is 4.88. The van der Waals surface area contributed by atoms with Gasteiger partial charge < -0.3 is 9.30 Å². The van der Waals surface area contributed by atoms with Crippen LogP contribution in [0.4, 0.5) is 0 Å². The van der Waals surface area contributed by atoms with Crippen molar-refractivity contribution in [1.82, 2.24) is 4.57 Å². The minimum atomic E-state index is -0.658. The molecular formula is C17H10ClNO3S. The number of hydrogen-bond acceptors (Lipinski definition) is 4. The third-order valence-corrected chi connectivity index (χ3v) is 5.06. The topological polar surface area (TPSA) is 48.3 Å². The molecule has 1 aliphatic heterocycles. The second-order valence-corrected chi connectivity index (χ2v) is 6.32. The molecule has 0 saturated carbocycles. The third-order valence-electron chi connectivity index (χ3n) is 3.94. The maximum atomic E-state index is 12.3. The highest BCUT2D eigenvalue weighted by Gasteiger charge is 2.37. The summed E-state index contributed by atoms with van der Waals surface area (Å²) in [7, 11) is 1.82. The highest BCUT2D eigenvalue weighted by Crippen LogP contribution is 2.42. The van der Waals surface area contributed by atoms with Gasteiger partial charge in [-0.1, -0.05) is 29.8 Å². The van der Waals surface area contributed by atoms with Crippen LogP contribution in [0.1, 0.15) is 11.1 Å². The van der Waals surface area contributed by atoms with Crippen LogP contribution in [0.5, 0.6) is 0 Å². The van der Waals surface area contributed by atoms with Crippen molar-refractivity contribution in [3.8, 4) is 0 Å². The largest absolute Gasteiger partial charge is 0.386 e. The van der Waals surface area contributed by atoms with E-state index in [1.807, 2.05) is 42.1 Å². The lowest BCUT2D eigenvalue weighted by Gasteiger charge is -2.01. The van der Waals surface area contributed by atoms with Crippen molar-refractivity contribution in [2.75, 3.05) is 0 Å². The molecule has 114 valence electrons. The summed E-state index contributed by atoms with van der Waals surface area (Å²) in [4.78, 5) is 24.5. The Labute approximate surface area is 140 Å². The molecule has 0 radical (unpaired) electrons. The first-order valence-corrected chi connectivity index (χ1v) is 8.18. The van der Waals surface area contributed by atoms with Gasteiger partial charge in [0, 0.05) is 29.1 Å². The van der Waals surface area contributed by atoms with Crippen molar-refractivity contribution in [1.29, 1.82) is 0 Å². The Morgan fingerprint density at radius 2 is 1.83 bits per heavy atom. The minimum Gasteiger partial charge on any atom is -0.386 e. The monoisotopic (exact) mass is 343 g/mol. The summed E-state index contributed by atoms with van der Waals surface area (Å²) in [5.74, 6) is -1.29. The third kappa shape index (κ3) is 1.97. The summed E-state index contributed by atoms with van der Waals surface area (Å²) in [6.45, 7) is 0. The number of thiophene rings is 1. The first-order valence-electron chi connectivity index (χ1n) is 6.86. The molecule has 0 N–H and O–H groups in total. The molecule has 1 aromatic carbocycles. The zero-order chi connectivity index (χ0) is 16.1. The van der Waals surface area contributed by atoms with Crippen molar-refractivity contribution in [2.45, 2.75) is 0 Å². The number of fused-ring (bicyclic) bond motifs is 1. The molecule has 3 aromatic rings. The van der Waals surface area contributed by atoms with Gasteiger partial charge in [-0.2, -0.15) is 11.3 Å². The fraction of sp³-hybridized carbons (Fsp3) is 0.0588. The quantitative estimate of drug-likeness (QED) is 0.524. The molecule has 6 heteroatoms. The smallest absolute Gasteiger partial charge is 0.347 e. The Bertz CT molecular complexity index is 998. The van der Waals surface area contributed by atoms with Gasteiger partial charge in [-0.3, -0.25) is 0 Å². The van der Waals surface area contributed by atoms with E-state index in [1.165, 1.54) is 11.3 Å². The van der Waals surface area contributed by atoms with Crippen LogP contribution in [-0.4, -0.2) is 16.5 Å². The fourth-order valence-electron chi connectivity index (χ4n) is 2.89. The number of aromatic nitrogens is 1. The molecule has 2 aromatic heterocycles. The first-order chi connectivity index (χ1) is 11.1. The number of nitrogens with zero attached hydrogens (tertiary/aromatic N) is 1. The van der Waals surface area contributed by atoms with E-state index in [9.17, 15) is 9.59 Å². The van der Waals surface area contributed by atoms with Gasteiger partial charge in [-0.15, -0.1) is 0 Å². The predicted molar refractivity (Wildman–Crippen MR) is 90.2 cm³/mol. The average molecular weight is 344 g/mol. The molecule has 0 saturated heterocycles. The normalized spacial score (nSPS) is 14.9. The van der Waals surface area contributed by atoms with Gasteiger partial charge in [0.1, 0.15) is 5.15 Å². The number of hydrogen-bond donors (Lipinski definition) is 0. The van der Waals surface area contributed by atoms with E-state index in [-0.39, 0.29) is 11.1 Å². The van der Waals surface area contributed by atoms with Gasteiger partial charge in [-0.05, 0) is 22.9 Å². The zero-order valence-electron chi connectivity index (χ0n) is 12.0. The molecule has 1 aliphatic rings. The van der Waals surface area contributed by atoms with E-state index >= 15 is 0 Å². The standard InChI is InChI=1S/C17H10ClNO3S/c1-19-11-5-3-2-4-10(11)13(15(19)18)14-12(9-6-7-23-8-9)16(20)22-17(14)21/h2-8H,1H3. The van der Waals surface area contributed by atoms with E-state index in [1.54, 1.807) is 10.6 Å². The molecule has 0 spiro atoms. The van der Waals surface area contributed by atoms with E-state index in [4.69, 9.17) is 16.3 Å². The lowest BCUT2D eigenvalue weighted by atomic mass is 9.97. The van der Waals surface area contributed by atoms with Crippen LogP contribution >= 0.6 is 22.9 Å². The minimum absolute atomic E-state index is 0.232. The number of carbonyl (C=O) groups excluding carboxylic acids is 2. The van der Waals surface area contributed by atoms with E-state index in [0.29, 0.717) is 16.3 Å². The Morgan fingerprint density at radius 1 is 1.09 bits per heavy atom. The zero-order valence-corrected chi connectivity index (χ0v) is 13.6. The van der Waals surface area contributed by atoms with Gasteiger partial charge in [-0.25, -0.2) is 9.59 Å². The summed E-state index contributed by atoms with van der Waals surface area (Å²) < 4.78 is 6.65. The predicted octanol–water partition coefficient (Wildman–Crippen LogP) is 3.89. The molecule has 4 nitrogen and oxygen atoms in total. The number of rotatable bonds is 2. The number of esters is 2. The van der Waals surface area contributed by atoms with Crippen molar-refractivity contribution in [3.05, 3.63) is 57.4 Å². The van der Waals surface area contributed by atoms with Crippen LogP contribution in [0.2, 0.25) is 5.15 Å². The molecule has 4 rings (SSSR count). The Hall–Kier alpha value is -2.37. The molecule has 0 fully saturated rings. The molecule has 3 heterocycles. The van der Waals surface area contributed by atoms with Crippen molar-refractivity contribution in [2.24, 2.45) is 7.05 Å². The summed E-state index contributed by atoms with van der Waals surface area (Å²) in [6.07, 6.45) is 0. The van der Waals surface area contributed by atoms with E-state index < -0.39 is 11.9 Å². The lowest BCUT2D eigenvalue weighted by molar-refractivity contribution is -0.149. The fourth-order valence-corrected chi connectivity index (χ4v) is 3.82. The summed E-state index contributed by atoms with van der Waals surface area (Å²) in [6, 6.07) is 9.35. The number of carbonyl (C=O) groups is 2. The molecule has 0 amide bonds. The number of aryl methyl sites for hydroxylation is 1. The average Bonchev–Trinajstić information content (AvgIpc) is 3.20. The van der Waals surface area contributed by atoms with Crippen molar-refractivity contribution in [3.63, 3.8) is 0 Å². The van der Waals surface area contributed by atoms with Gasteiger partial charge >= 0.3 is 11.9 Å². The Balaban J connectivity index is 2.12. The molecule has 0 unspecified atom stereocenters. The Kier molecular flexibility index (Phi) is 3.14. The maximum Gasteiger partial charge on any atom is 0.347 e. The second-order valence-electron chi connectivity index (χ2n) is 5.18. The SMILES string of the molecule is Cn1c(Cl)c(C2=C(c3ccsc3)C(=O)OC2=O)c2ccccc21. The van der Waals surface area contributed by atoms with Crippen LogP contribution in [0.25, 0.3) is 22.0 Å². The highest BCUT2D eigenvalue weighted by atomic mass is 35.5. The Morgan fingerprint density at radius 3 is 2.57 bits per heavy atom. The second kappa shape index (κ2) is 5.08. The maximum absolute atomic E-state index is 12.3. The van der Waals surface area contributed by atoms with Gasteiger partial charge in [0.05, 0.1) is 11.1 Å². The number of cyclic esters (lactones) is 2. The van der Waals surface area contributed by atoms with E-state index in [0.717, 1.165) is 10.9 Å². The van der Waals surface area contributed by atoms with Crippen LogP contribution in [0.3, 0.4) is 0 Å². The highest BCUT2D eigenvalue weighted by molar-refractivity contribution is 7.08. The molecular weight excluding hydrogens is 334 g/mol. The first kappa shape index (κ1) is 14.2. The molecule has 0 aliphatic carbocycles. The van der Waals surface area contributed by atoms with Crippen molar-refractivity contribution < 1.29 is 14.3 Å².